The van der Waals surface area contributed by atoms with Crippen molar-refractivity contribution in [2.45, 2.75) is 25.7 Å². The van der Waals surface area contributed by atoms with Gasteiger partial charge in [0, 0.05) is 11.6 Å². The SMILES string of the molecule is CN1CCC(CCc2ccc(C(=O)O)cc2[N+](=O)[O-])CC1. The van der Waals surface area contributed by atoms with Gasteiger partial charge in [0.1, 0.15) is 0 Å². The second kappa shape index (κ2) is 6.67. The van der Waals surface area contributed by atoms with Crippen molar-refractivity contribution in [1.29, 1.82) is 0 Å². The number of hydrogen-bond acceptors (Lipinski definition) is 4. The number of nitro groups is 1. The number of carboxylic acid groups (broad SMARTS) is 1. The van der Waals surface area contributed by atoms with Gasteiger partial charge >= 0.3 is 5.97 Å². The van der Waals surface area contributed by atoms with E-state index in [0.29, 0.717) is 17.9 Å². The number of likely N-dealkylation sites (tertiary alicyclic amines) is 1. The quantitative estimate of drug-likeness (QED) is 0.666. The number of nitro benzene ring substituents is 1. The van der Waals surface area contributed by atoms with Crippen LogP contribution in [-0.2, 0) is 6.42 Å². The van der Waals surface area contributed by atoms with Gasteiger partial charge in [0.05, 0.1) is 10.5 Å². The van der Waals surface area contributed by atoms with E-state index in [-0.39, 0.29) is 11.3 Å². The third kappa shape index (κ3) is 4.01. The van der Waals surface area contributed by atoms with Crippen LogP contribution in [0.3, 0.4) is 0 Å². The van der Waals surface area contributed by atoms with Crippen molar-refractivity contribution in [3.63, 3.8) is 0 Å². The molecule has 6 nitrogen and oxygen atoms in total. The summed E-state index contributed by atoms with van der Waals surface area (Å²) in [6.07, 6.45) is 3.79. The van der Waals surface area contributed by atoms with E-state index in [1.54, 1.807) is 6.07 Å². The molecule has 2 rings (SSSR count). The summed E-state index contributed by atoms with van der Waals surface area (Å²) in [5.41, 5.74) is 0.511. The molecule has 0 aliphatic carbocycles. The van der Waals surface area contributed by atoms with Crippen molar-refractivity contribution in [3.8, 4) is 0 Å². The molecule has 21 heavy (non-hydrogen) atoms. The highest BCUT2D eigenvalue weighted by Gasteiger charge is 2.20. The van der Waals surface area contributed by atoms with E-state index in [2.05, 4.69) is 11.9 Å². The van der Waals surface area contributed by atoms with Crippen molar-refractivity contribution in [1.82, 2.24) is 4.90 Å². The van der Waals surface area contributed by atoms with E-state index in [0.717, 1.165) is 38.4 Å². The van der Waals surface area contributed by atoms with Crippen LogP contribution < -0.4 is 0 Å². The predicted octanol–water partition coefficient (Wildman–Crippen LogP) is 2.57. The monoisotopic (exact) mass is 292 g/mol. The first-order chi connectivity index (χ1) is 9.97. The number of piperidine rings is 1. The molecule has 0 spiro atoms. The Morgan fingerprint density at radius 3 is 2.67 bits per heavy atom. The molecule has 0 unspecified atom stereocenters. The smallest absolute Gasteiger partial charge is 0.335 e. The number of benzene rings is 1. The van der Waals surface area contributed by atoms with Crippen LogP contribution in [0.15, 0.2) is 18.2 Å². The van der Waals surface area contributed by atoms with Crippen LogP contribution in [0.5, 0.6) is 0 Å². The molecule has 0 radical (unpaired) electrons. The Morgan fingerprint density at radius 1 is 1.43 bits per heavy atom. The van der Waals surface area contributed by atoms with Crippen LogP contribution in [0.4, 0.5) is 5.69 Å². The third-order valence-electron chi connectivity index (χ3n) is 4.19. The van der Waals surface area contributed by atoms with E-state index >= 15 is 0 Å². The molecular weight excluding hydrogens is 272 g/mol. The van der Waals surface area contributed by atoms with Crippen LogP contribution in [0.1, 0.15) is 35.2 Å². The van der Waals surface area contributed by atoms with Gasteiger partial charge in [-0.05, 0) is 57.8 Å². The minimum atomic E-state index is -1.14. The number of carbonyl (C=O) groups is 1. The van der Waals surface area contributed by atoms with Crippen LogP contribution >= 0.6 is 0 Å². The van der Waals surface area contributed by atoms with E-state index in [4.69, 9.17) is 5.11 Å². The minimum absolute atomic E-state index is 0.0373. The van der Waals surface area contributed by atoms with Gasteiger partial charge in [-0.2, -0.15) is 0 Å². The number of carboxylic acids is 1. The Bertz CT molecular complexity index is 536. The highest BCUT2D eigenvalue weighted by atomic mass is 16.6. The predicted molar refractivity (Wildman–Crippen MR) is 78.6 cm³/mol. The van der Waals surface area contributed by atoms with E-state index in [9.17, 15) is 14.9 Å². The second-order valence-corrected chi connectivity index (χ2v) is 5.69. The Hall–Kier alpha value is -1.95. The summed E-state index contributed by atoms with van der Waals surface area (Å²) < 4.78 is 0. The average molecular weight is 292 g/mol. The highest BCUT2D eigenvalue weighted by molar-refractivity contribution is 5.88. The summed E-state index contributed by atoms with van der Waals surface area (Å²) in [4.78, 5) is 23.8. The van der Waals surface area contributed by atoms with Crippen molar-refractivity contribution in [2.24, 2.45) is 5.92 Å². The van der Waals surface area contributed by atoms with E-state index in [1.165, 1.54) is 6.07 Å². The molecule has 0 atom stereocenters. The lowest BCUT2D eigenvalue weighted by molar-refractivity contribution is -0.385. The molecular formula is C15H20N2O4. The van der Waals surface area contributed by atoms with Gasteiger partial charge in [-0.3, -0.25) is 10.1 Å². The number of rotatable bonds is 5. The Kier molecular flexibility index (Phi) is 4.90. The van der Waals surface area contributed by atoms with Gasteiger partial charge in [-0.25, -0.2) is 4.79 Å². The third-order valence-corrected chi connectivity index (χ3v) is 4.19. The Balaban J connectivity index is 2.05. The van der Waals surface area contributed by atoms with Crippen LogP contribution in [0, 0.1) is 16.0 Å². The summed E-state index contributed by atoms with van der Waals surface area (Å²) >= 11 is 0. The highest BCUT2D eigenvalue weighted by Crippen LogP contribution is 2.26. The summed E-state index contributed by atoms with van der Waals surface area (Å²) in [5.74, 6) is -0.542. The van der Waals surface area contributed by atoms with Gasteiger partial charge in [0.15, 0.2) is 0 Å². The van der Waals surface area contributed by atoms with E-state index < -0.39 is 10.9 Å². The fourth-order valence-corrected chi connectivity index (χ4v) is 2.79. The summed E-state index contributed by atoms with van der Waals surface area (Å²) in [7, 11) is 2.10. The molecule has 1 aromatic carbocycles. The normalized spacial score (nSPS) is 16.8. The maximum atomic E-state index is 11.1. The van der Waals surface area contributed by atoms with Gasteiger partial charge in [-0.1, -0.05) is 6.07 Å². The molecule has 1 aliphatic heterocycles. The zero-order valence-corrected chi connectivity index (χ0v) is 12.1. The molecule has 0 bridgehead atoms. The largest absolute Gasteiger partial charge is 0.478 e. The number of nitrogens with zero attached hydrogens (tertiary/aromatic N) is 2. The maximum absolute atomic E-state index is 11.1. The number of aromatic carboxylic acids is 1. The van der Waals surface area contributed by atoms with Crippen molar-refractivity contribution in [2.75, 3.05) is 20.1 Å². The first kappa shape index (κ1) is 15.4. The molecule has 1 heterocycles. The molecule has 0 amide bonds. The fraction of sp³-hybridized carbons (Fsp3) is 0.533. The Morgan fingerprint density at radius 2 is 2.10 bits per heavy atom. The molecule has 1 aromatic rings. The van der Waals surface area contributed by atoms with Crippen LogP contribution in [-0.4, -0.2) is 41.0 Å². The van der Waals surface area contributed by atoms with Crippen molar-refractivity contribution < 1.29 is 14.8 Å². The molecule has 0 saturated carbocycles. The second-order valence-electron chi connectivity index (χ2n) is 5.69. The van der Waals surface area contributed by atoms with Gasteiger partial charge in [0.2, 0.25) is 0 Å². The summed E-state index contributed by atoms with van der Waals surface area (Å²) in [6, 6.07) is 4.18. The molecule has 1 saturated heterocycles. The minimum Gasteiger partial charge on any atom is -0.478 e. The van der Waals surface area contributed by atoms with Gasteiger partial charge < -0.3 is 10.0 Å². The molecule has 0 aromatic heterocycles. The molecule has 6 heteroatoms. The lowest BCUT2D eigenvalue weighted by Gasteiger charge is -2.28. The maximum Gasteiger partial charge on any atom is 0.335 e. The van der Waals surface area contributed by atoms with E-state index in [1.807, 2.05) is 0 Å². The molecule has 1 aliphatic rings. The standard InChI is InChI=1S/C15H20N2O4/c1-16-8-6-11(7-9-16)2-3-12-4-5-13(15(18)19)10-14(12)17(20)21/h4-5,10-11H,2-3,6-9H2,1H3,(H,18,19). The lowest BCUT2D eigenvalue weighted by Crippen LogP contribution is -2.30. The zero-order valence-electron chi connectivity index (χ0n) is 12.1. The van der Waals surface area contributed by atoms with Crippen molar-refractivity contribution in [3.05, 3.63) is 39.4 Å². The molecule has 1 N–H and O–H groups in total. The van der Waals surface area contributed by atoms with Gasteiger partial charge in [0.25, 0.3) is 5.69 Å². The molecule has 1 fully saturated rings. The first-order valence-electron chi connectivity index (χ1n) is 7.16. The van der Waals surface area contributed by atoms with Crippen LogP contribution in [0.25, 0.3) is 0 Å². The van der Waals surface area contributed by atoms with Gasteiger partial charge in [-0.15, -0.1) is 0 Å². The fourth-order valence-electron chi connectivity index (χ4n) is 2.79. The first-order valence-corrected chi connectivity index (χ1v) is 7.16. The number of hydrogen-bond donors (Lipinski definition) is 1. The Labute approximate surface area is 123 Å². The summed E-state index contributed by atoms with van der Waals surface area (Å²) in [5, 5.41) is 20.0. The molecule has 114 valence electrons. The lowest BCUT2D eigenvalue weighted by atomic mass is 9.90. The zero-order chi connectivity index (χ0) is 15.4. The topological polar surface area (TPSA) is 83.7 Å². The average Bonchev–Trinajstić information content (AvgIpc) is 2.46. The van der Waals surface area contributed by atoms with Crippen LogP contribution in [0.2, 0.25) is 0 Å². The van der Waals surface area contributed by atoms with Crippen molar-refractivity contribution >= 4 is 11.7 Å². The summed E-state index contributed by atoms with van der Waals surface area (Å²) in [6.45, 7) is 2.15. The number of aryl methyl sites for hydroxylation is 1.